The molecule has 3 rings (SSSR count). The van der Waals surface area contributed by atoms with E-state index in [4.69, 9.17) is 0 Å². The van der Waals surface area contributed by atoms with Crippen LogP contribution in [-0.4, -0.2) is 33.2 Å². The lowest BCUT2D eigenvalue weighted by Gasteiger charge is -2.39. The van der Waals surface area contributed by atoms with Crippen LogP contribution in [0.3, 0.4) is 0 Å². The van der Waals surface area contributed by atoms with Gasteiger partial charge in [-0.25, -0.2) is 9.99 Å². The van der Waals surface area contributed by atoms with E-state index in [-0.39, 0.29) is 0 Å². The summed E-state index contributed by atoms with van der Waals surface area (Å²) >= 11 is 0. The number of rotatable bonds is 9. The number of hydrogen-bond donors (Lipinski definition) is 2. The zero-order valence-electron chi connectivity index (χ0n) is 16.2. The van der Waals surface area contributed by atoms with E-state index in [0.717, 1.165) is 32.6 Å². The molecule has 26 heavy (non-hydrogen) atoms. The second-order valence-electron chi connectivity index (χ2n) is 7.52. The van der Waals surface area contributed by atoms with Gasteiger partial charge in [0.15, 0.2) is 0 Å². The molecule has 0 saturated carbocycles. The topological polar surface area (TPSA) is 45.1 Å². The third kappa shape index (κ3) is 5.66. The van der Waals surface area contributed by atoms with Crippen molar-refractivity contribution in [1.29, 1.82) is 0 Å². The third-order valence-corrected chi connectivity index (χ3v) is 5.34. The van der Waals surface area contributed by atoms with E-state index in [1.165, 1.54) is 30.4 Å². The van der Waals surface area contributed by atoms with Gasteiger partial charge < -0.3 is 9.88 Å². The Morgan fingerprint density at radius 1 is 1.04 bits per heavy atom. The number of benzene rings is 1. The second kappa shape index (κ2) is 9.86. The van der Waals surface area contributed by atoms with Crippen LogP contribution in [-0.2, 0) is 19.6 Å². The maximum absolute atomic E-state index is 4.06. The number of hydrogen-bond acceptors (Lipinski definition) is 4. The van der Waals surface area contributed by atoms with Crippen LogP contribution in [0.5, 0.6) is 0 Å². The number of aromatic nitrogens is 2. The molecule has 0 spiro atoms. The summed E-state index contributed by atoms with van der Waals surface area (Å²) in [7, 11) is 0. The van der Waals surface area contributed by atoms with Crippen LogP contribution in [0.15, 0.2) is 43.0 Å². The minimum atomic E-state index is 0.629. The van der Waals surface area contributed by atoms with E-state index in [1.807, 2.05) is 18.7 Å². The van der Waals surface area contributed by atoms with Crippen molar-refractivity contribution in [3.8, 4) is 0 Å². The first-order valence-electron chi connectivity index (χ1n) is 9.98. The van der Waals surface area contributed by atoms with Crippen molar-refractivity contribution in [3.05, 3.63) is 54.1 Å². The summed E-state index contributed by atoms with van der Waals surface area (Å²) in [6.45, 7) is 8.52. The lowest BCUT2D eigenvalue weighted by Crippen LogP contribution is -2.51. The van der Waals surface area contributed by atoms with Crippen molar-refractivity contribution < 1.29 is 0 Å². The maximum atomic E-state index is 4.06. The fourth-order valence-electron chi connectivity index (χ4n) is 3.73. The Hall–Kier alpha value is -1.69. The molecule has 5 heteroatoms. The van der Waals surface area contributed by atoms with E-state index in [1.54, 1.807) is 0 Å². The van der Waals surface area contributed by atoms with Gasteiger partial charge >= 0.3 is 0 Å². The number of aryl methyl sites for hydroxylation is 1. The van der Waals surface area contributed by atoms with Crippen molar-refractivity contribution in [3.63, 3.8) is 0 Å². The zero-order chi connectivity index (χ0) is 18.2. The molecule has 2 heterocycles. The van der Waals surface area contributed by atoms with Gasteiger partial charge in [0, 0.05) is 44.1 Å². The summed E-state index contributed by atoms with van der Waals surface area (Å²) in [4.78, 5) is 4.06. The monoisotopic (exact) mass is 355 g/mol. The van der Waals surface area contributed by atoms with Crippen LogP contribution in [0.2, 0.25) is 0 Å². The summed E-state index contributed by atoms with van der Waals surface area (Å²) in [5.74, 6) is 0. The fraction of sp³-hybridized carbons (Fsp3) is 0.571. The molecule has 1 aliphatic rings. The summed E-state index contributed by atoms with van der Waals surface area (Å²) in [5.41, 5.74) is 6.33. The molecule has 2 N–H and O–H groups in total. The average molecular weight is 356 g/mol. The first-order chi connectivity index (χ1) is 12.7. The molecule has 0 bridgehead atoms. The summed E-state index contributed by atoms with van der Waals surface area (Å²) in [6.07, 6.45) is 10.8. The highest BCUT2D eigenvalue weighted by atomic mass is 15.5. The van der Waals surface area contributed by atoms with Crippen LogP contribution in [0.4, 0.5) is 0 Å². The normalized spacial score (nSPS) is 21.2. The second-order valence-corrected chi connectivity index (χ2v) is 7.52. The average Bonchev–Trinajstić information content (AvgIpc) is 3.16. The molecule has 2 aromatic rings. The first-order valence-corrected chi connectivity index (χ1v) is 9.98. The van der Waals surface area contributed by atoms with Crippen molar-refractivity contribution in [2.24, 2.45) is 0 Å². The van der Waals surface area contributed by atoms with Crippen LogP contribution < -0.4 is 10.7 Å². The van der Waals surface area contributed by atoms with Gasteiger partial charge in [0.1, 0.15) is 0 Å². The number of piperidine rings is 1. The van der Waals surface area contributed by atoms with Crippen LogP contribution in [0, 0.1) is 0 Å². The molecule has 2 unspecified atom stereocenters. The van der Waals surface area contributed by atoms with Crippen molar-refractivity contribution in [2.45, 2.75) is 71.2 Å². The Bertz CT molecular complexity index is 612. The van der Waals surface area contributed by atoms with E-state index in [9.17, 15) is 0 Å². The molecule has 0 amide bonds. The molecular formula is C21H33N5. The quantitative estimate of drug-likeness (QED) is 0.677. The third-order valence-electron chi connectivity index (χ3n) is 5.34. The highest BCUT2D eigenvalue weighted by Gasteiger charge is 2.23. The molecule has 1 fully saturated rings. The lowest BCUT2D eigenvalue weighted by atomic mass is 10.00. The standard InChI is InChI=1S/C21H33N5/c1-18-5-3-6-19(2)26(18)24-16-21-9-7-20(8-10-21)15-22-11-4-13-25-14-12-23-17-25/h7-10,12,14,17-19,22,24H,3-6,11,13,15-16H2,1-2H3. The molecule has 2 atom stereocenters. The Kier molecular flexibility index (Phi) is 7.23. The molecule has 1 aliphatic heterocycles. The van der Waals surface area contributed by atoms with Gasteiger partial charge in [0.2, 0.25) is 0 Å². The van der Waals surface area contributed by atoms with Crippen molar-refractivity contribution >= 4 is 0 Å². The lowest BCUT2D eigenvalue weighted by molar-refractivity contribution is 0.0435. The van der Waals surface area contributed by atoms with E-state index >= 15 is 0 Å². The summed E-state index contributed by atoms with van der Waals surface area (Å²) < 4.78 is 2.12. The zero-order valence-corrected chi connectivity index (χ0v) is 16.2. The Labute approximate surface area is 157 Å². The Morgan fingerprint density at radius 2 is 1.73 bits per heavy atom. The smallest absolute Gasteiger partial charge is 0.0945 e. The van der Waals surface area contributed by atoms with Crippen molar-refractivity contribution in [2.75, 3.05) is 6.54 Å². The van der Waals surface area contributed by atoms with Gasteiger partial charge in [-0.3, -0.25) is 5.43 Å². The molecular weight excluding hydrogens is 322 g/mol. The van der Waals surface area contributed by atoms with Gasteiger partial charge in [-0.15, -0.1) is 0 Å². The molecule has 5 nitrogen and oxygen atoms in total. The minimum Gasteiger partial charge on any atom is -0.337 e. The van der Waals surface area contributed by atoms with Crippen LogP contribution in [0.1, 0.15) is 50.7 Å². The van der Waals surface area contributed by atoms with E-state index < -0.39 is 0 Å². The number of imidazole rings is 1. The molecule has 1 aromatic heterocycles. The number of nitrogens with zero attached hydrogens (tertiary/aromatic N) is 3. The largest absolute Gasteiger partial charge is 0.337 e. The molecule has 1 aromatic carbocycles. The fourth-order valence-corrected chi connectivity index (χ4v) is 3.73. The van der Waals surface area contributed by atoms with Gasteiger partial charge in [-0.1, -0.05) is 30.7 Å². The molecule has 0 aliphatic carbocycles. The van der Waals surface area contributed by atoms with Crippen LogP contribution in [0.25, 0.3) is 0 Å². The van der Waals surface area contributed by atoms with Gasteiger partial charge in [-0.05, 0) is 50.8 Å². The number of nitrogens with one attached hydrogen (secondary N) is 2. The summed E-state index contributed by atoms with van der Waals surface area (Å²) in [6, 6.07) is 10.2. The van der Waals surface area contributed by atoms with E-state index in [2.05, 4.69) is 63.4 Å². The highest BCUT2D eigenvalue weighted by Crippen LogP contribution is 2.20. The van der Waals surface area contributed by atoms with Gasteiger partial charge in [0.05, 0.1) is 6.33 Å². The summed E-state index contributed by atoms with van der Waals surface area (Å²) in [5, 5.41) is 5.96. The minimum absolute atomic E-state index is 0.629. The molecule has 1 saturated heterocycles. The molecule has 0 radical (unpaired) electrons. The molecule has 142 valence electrons. The number of hydrazine groups is 1. The van der Waals surface area contributed by atoms with Gasteiger partial charge in [-0.2, -0.15) is 0 Å². The SMILES string of the molecule is CC1CCCC(C)N1NCc1ccc(CNCCCn2ccnc2)cc1. The van der Waals surface area contributed by atoms with Crippen molar-refractivity contribution in [1.82, 2.24) is 25.3 Å². The Balaban J connectivity index is 1.35. The first kappa shape index (κ1) is 19.1. The predicted molar refractivity (Wildman–Crippen MR) is 106 cm³/mol. The van der Waals surface area contributed by atoms with Gasteiger partial charge in [0.25, 0.3) is 0 Å². The maximum Gasteiger partial charge on any atom is 0.0945 e. The Morgan fingerprint density at radius 3 is 2.38 bits per heavy atom. The van der Waals surface area contributed by atoms with Crippen LogP contribution >= 0.6 is 0 Å². The predicted octanol–water partition coefficient (Wildman–Crippen LogP) is 3.33. The highest BCUT2D eigenvalue weighted by molar-refractivity contribution is 5.22. The van der Waals surface area contributed by atoms with E-state index in [0.29, 0.717) is 12.1 Å².